The number of hydrogen-bond donors (Lipinski definition) is 3. The lowest BCUT2D eigenvalue weighted by molar-refractivity contribution is 0.131. The van der Waals surface area contributed by atoms with E-state index in [9.17, 15) is 5.11 Å². The zero-order valence-electron chi connectivity index (χ0n) is 15.2. The maximum absolute atomic E-state index is 9.30. The lowest BCUT2D eigenvalue weighted by Gasteiger charge is -2.24. The van der Waals surface area contributed by atoms with Crippen LogP contribution in [0.5, 0.6) is 0 Å². The van der Waals surface area contributed by atoms with Crippen LogP contribution in [0.3, 0.4) is 0 Å². The molecule has 2 rings (SSSR count). The summed E-state index contributed by atoms with van der Waals surface area (Å²) in [5.41, 5.74) is 1.10. The summed E-state index contributed by atoms with van der Waals surface area (Å²) in [6, 6.07) is 0. The van der Waals surface area contributed by atoms with Crippen LogP contribution in [0.2, 0.25) is 0 Å². The first-order valence-corrected chi connectivity index (χ1v) is 9.67. The minimum Gasteiger partial charge on any atom is -0.396 e. The summed E-state index contributed by atoms with van der Waals surface area (Å²) >= 11 is 1.73. The Kier molecular flexibility index (Phi) is 10.9. The van der Waals surface area contributed by atoms with Gasteiger partial charge in [0.25, 0.3) is 0 Å². The van der Waals surface area contributed by atoms with Crippen LogP contribution in [0, 0.1) is 12.3 Å². The first-order valence-electron chi connectivity index (χ1n) is 8.79. The van der Waals surface area contributed by atoms with Gasteiger partial charge in [-0.3, -0.25) is 4.99 Å². The van der Waals surface area contributed by atoms with E-state index >= 15 is 0 Å². The Morgan fingerprint density at radius 1 is 1.48 bits per heavy atom. The monoisotopic (exact) mass is 482 g/mol. The summed E-state index contributed by atoms with van der Waals surface area (Å²) in [4.78, 5) is 9.21. The standard InChI is InChI=1S/C17H30N4O2S.HI/c1-3-18-16(19-8-4-5-15-21-14(2)11-24-15)20-12-17(6-9-22)7-10-23-13-17;/h11,22H,3-10,12-13H2,1-2H3,(H2,18,19,20);1H. The molecule has 1 aromatic rings. The highest BCUT2D eigenvalue weighted by Crippen LogP contribution is 2.32. The zero-order valence-corrected chi connectivity index (χ0v) is 18.4. The van der Waals surface area contributed by atoms with Crippen molar-refractivity contribution >= 4 is 41.3 Å². The van der Waals surface area contributed by atoms with Gasteiger partial charge in [0, 0.05) is 49.2 Å². The Morgan fingerprint density at radius 3 is 2.92 bits per heavy atom. The number of aliphatic imine (C=N–C) groups is 1. The number of halogens is 1. The number of nitrogens with one attached hydrogen (secondary N) is 2. The van der Waals surface area contributed by atoms with E-state index in [0.29, 0.717) is 13.2 Å². The third-order valence-corrected chi connectivity index (χ3v) is 5.30. The molecule has 0 amide bonds. The fourth-order valence-corrected chi connectivity index (χ4v) is 3.66. The highest BCUT2D eigenvalue weighted by atomic mass is 127. The van der Waals surface area contributed by atoms with Crippen molar-refractivity contribution in [2.75, 3.05) is 39.5 Å². The van der Waals surface area contributed by atoms with Gasteiger partial charge in [-0.2, -0.15) is 0 Å². The van der Waals surface area contributed by atoms with Gasteiger partial charge in [-0.15, -0.1) is 35.3 Å². The average Bonchev–Trinajstić information content (AvgIpc) is 3.19. The van der Waals surface area contributed by atoms with Crippen LogP contribution in [0.25, 0.3) is 0 Å². The Labute approximate surface area is 171 Å². The van der Waals surface area contributed by atoms with Gasteiger partial charge >= 0.3 is 0 Å². The zero-order chi connectivity index (χ0) is 17.3. The number of nitrogens with zero attached hydrogens (tertiary/aromatic N) is 2. The predicted molar refractivity (Wildman–Crippen MR) is 114 cm³/mol. The second kappa shape index (κ2) is 12.0. The van der Waals surface area contributed by atoms with E-state index in [2.05, 4.69) is 27.9 Å². The molecule has 1 aliphatic rings. The first kappa shape index (κ1) is 22.6. The van der Waals surface area contributed by atoms with Crippen LogP contribution in [-0.2, 0) is 11.2 Å². The van der Waals surface area contributed by atoms with Crippen LogP contribution < -0.4 is 10.6 Å². The van der Waals surface area contributed by atoms with Crippen LogP contribution in [-0.4, -0.2) is 55.5 Å². The molecule has 1 unspecified atom stereocenters. The van der Waals surface area contributed by atoms with E-state index < -0.39 is 0 Å². The Bertz CT molecular complexity index is 519. The molecular formula is C17H31IN4O2S. The highest BCUT2D eigenvalue weighted by molar-refractivity contribution is 14.0. The van der Waals surface area contributed by atoms with E-state index in [0.717, 1.165) is 57.0 Å². The summed E-state index contributed by atoms with van der Waals surface area (Å²) in [6.45, 7) is 8.15. The minimum absolute atomic E-state index is 0. The molecule has 0 bridgehead atoms. The van der Waals surface area contributed by atoms with Crippen molar-refractivity contribution in [1.82, 2.24) is 15.6 Å². The molecule has 0 radical (unpaired) electrons. The fourth-order valence-electron chi connectivity index (χ4n) is 2.84. The van der Waals surface area contributed by atoms with Gasteiger partial charge in [-0.25, -0.2) is 4.98 Å². The van der Waals surface area contributed by atoms with Gasteiger partial charge < -0.3 is 20.5 Å². The molecule has 1 aromatic heterocycles. The lowest BCUT2D eigenvalue weighted by Crippen LogP contribution is -2.39. The maximum atomic E-state index is 9.30. The molecule has 6 nitrogen and oxygen atoms in total. The summed E-state index contributed by atoms with van der Waals surface area (Å²) in [6.07, 6.45) is 3.74. The molecule has 1 aliphatic heterocycles. The van der Waals surface area contributed by atoms with Gasteiger partial charge in [0.2, 0.25) is 0 Å². The third kappa shape index (κ3) is 7.76. The van der Waals surface area contributed by atoms with E-state index in [1.165, 1.54) is 5.01 Å². The molecule has 3 N–H and O–H groups in total. The summed E-state index contributed by atoms with van der Waals surface area (Å²) in [7, 11) is 0. The SMILES string of the molecule is CCNC(=NCC1(CCO)CCOC1)NCCCc1nc(C)cs1.I. The molecule has 0 saturated carbocycles. The van der Waals surface area contributed by atoms with Crippen LogP contribution in [0.4, 0.5) is 0 Å². The molecule has 144 valence electrons. The Balaban J connectivity index is 0.00000312. The van der Waals surface area contributed by atoms with Crippen molar-refractivity contribution in [3.05, 3.63) is 16.1 Å². The number of aliphatic hydroxyl groups is 1. The number of aliphatic hydroxyl groups excluding tert-OH is 1. The largest absolute Gasteiger partial charge is 0.396 e. The van der Waals surface area contributed by atoms with Gasteiger partial charge in [0.1, 0.15) is 0 Å². The summed E-state index contributed by atoms with van der Waals surface area (Å²) in [5.74, 6) is 0.844. The van der Waals surface area contributed by atoms with Crippen molar-refractivity contribution in [2.45, 2.75) is 39.5 Å². The second-order valence-electron chi connectivity index (χ2n) is 6.38. The smallest absolute Gasteiger partial charge is 0.191 e. The number of aromatic nitrogens is 1. The minimum atomic E-state index is -0.00445. The third-order valence-electron chi connectivity index (χ3n) is 4.27. The predicted octanol–water partition coefficient (Wildman–Crippen LogP) is 2.35. The normalized spacial score (nSPS) is 20.4. The molecule has 2 heterocycles. The molecule has 25 heavy (non-hydrogen) atoms. The first-order chi connectivity index (χ1) is 11.7. The van der Waals surface area contributed by atoms with E-state index in [4.69, 9.17) is 9.73 Å². The maximum Gasteiger partial charge on any atom is 0.191 e. The number of rotatable bonds is 9. The molecule has 1 saturated heterocycles. The molecule has 8 heteroatoms. The topological polar surface area (TPSA) is 78.8 Å². The fraction of sp³-hybridized carbons (Fsp3) is 0.765. The van der Waals surface area contributed by atoms with Crippen molar-refractivity contribution in [3.8, 4) is 0 Å². The Morgan fingerprint density at radius 2 is 2.32 bits per heavy atom. The summed E-state index contributed by atoms with van der Waals surface area (Å²) in [5, 5.41) is 19.3. The van der Waals surface area contributed by atoms with Gasteiger partial charge in [0.05, 0.1) is 18.2 Å². The number of hydrogen-bond acceptors (Lipinski definition) is 5. The van der Waals surface area contributed by atoms with Crippen molar-refractivity contribution in [2.24, 2.45) is 10.4 Å². The van der Waals surface area contributed by atoms with E-state index in [1.807, 2.05) is 6.92 Å². The number of aryl methyl sites for hydroxylation is 2. The van der Waals surface area contributed by atoms with Crippen LogP contribution >= 0.6 is 35.3 Å². The van der Waals surface area contributed by atoms with Crippen molar-refractivity contribution in [1.29, 1.82) is 0 Å². The van der Waals surface area contributed by atoms with E-state index in [-0.39, 0.29) is 36.0 Å². The van der Waals surface area contributed by atoms with Crippen LogP contribution in [0.1, 0.15) is 36.9 Å². The van der Waals surface area contributed by atoms with Gasteiger partial charge in [-0.05, 0) is 33.1 Å². The van der Waals surface area contributed by atoms with Crippen molar-refractivity contribution in [3.63, 3.8) is 0 Å². The number of guanidine groups is 1. The summed E-state index contributed by atoms with van der Waals surface area (Å²) < 4.78 is 5.53. The highest BCUT2D eigenvalue weighted by Gasteiger charge is 2.34. The van der Waals surface area contributed by atoms with Crippen molar-refractivity contribution < 1.29 is 9.84 Å². The number of thiazole rings is 1. The Hall–Kier alpha value is -0.450. The molecule has 0 aromatic carbocycles. The molecule has 1 fully saturated rings. The molecular weight excluding hydrogens is 451 g/mol. The van der Waals surface area contributed by atoms with Gasteiger partial charge in [0.15, 0.2) is 5.96 Å². The lowest BCUT2D eigenvalue weighted by atomic mass is 9.84. The molecule has 0 spiro atoms. The average molecular weight is 482 g/mol. The number of ether oxygens (including phenoxy) is 1. The van der Waals surface area contributed by atoms with E-state index in [1.54, 1.807) is 11.3 Å². The molecule has 1 atom stereocenters. The van der Waals surface area contributed by atoms with Gasteiger partial charge in [-0.1, -0.05) is 0 Å². The second-order valence-corrected chi connectivity index (χ2v) is 7.33. The van der Waals surface area contributed by atoms with Crippen LogP contribution in [0.15, 0.2) is 10.4 Å². The molecule has 0 aliphatic carbocycles. The quantitative estimate of drug-likeness (QED) is 0.218.